The fourth-order valence-corrected chi connectivity index (χ4v) is 1.96. The highest BCUT2D eigenvalue weighted by Gasteiger charge is 2.26. The maximum atomic E-state index is 11.6. The molecule has 122 valence electrons. The molecule has 1 aliphatic rings. The van der Waals surface area contributed by atoms with Crippen molar-refractivity contribution in [2.75, 3.05) is 0 Å². The zero-order chi connectivity index (χ0) is 17.0. The lowest BCUT2D eigenvalue weighted by Crippen LogP contribution is -2.32. The molecular formula is C17H19NO5. The van der Waals surface area contributed by atoms with Gasteiger partial charge in [-0.25, -0.2) is 9.59 Å². The molecule has 1 N–H and O–H groups in total. The van der Waals surface area contributed by atoms with Gasteiger partial charge in [-0.05, 0) is 38.0 Å². The Balaban J connectivity index is 1.93. The summed E-state index contributed by atoms with van der Waals surface area (Å²) in [7, 11) is 0. The fourth-order valence-electron chi connectivity index (χ4n) is 1.96. The van der Waals surface area contributed by atoms with Gasteiger partial charge in [0.25, 0.3) is 0 Å². The van der Waals surface area contributed by atoms with E-state index in [0.29, 0.717) is 12.1 Å². The van der Waals surface area contributed by atoms with Gasteiger partial charge in [-0.1, -0.05) is 24.3 Å². The van der Waals surface area contributed by atoms with Crippen molar-refractivity contribution in [1.82, 2.24) is 5.32 Å². The molecule has 1 amide bonds. The van der Waals surface area contributed by atoms with Crippen LogP contribution in [-0.4, -0.2) is 23.6 Å². The molecule has 0 aliphatic carbocycles. The third kappa shape index (κ3) is 5.25. The van der Waals surface area contributed by atoms with Crippen LogP contribution in [0.15, 0.2) is 29.8 Å². The summed E-state index contributed by atoms with van der Waals surface area (Å²) < 4.78 is 9.62. The van der Waals surface area contributed by atoms with Crippen LogP contribution in [0, 0.1) is 0 Å². The standard InChI is InChI=1S/C17H19NO5/c1-17(2,3)23-16(21)18-10-12-6-4-11(5-7-12)8-13-9-14(19)22-15(13)20/h4-8H,9-10H2,1-3H3,(H,18,21)/b13-8+. The third-order valence-electron chi connectivity index (χ3n) is 2.96. The van der Waals surface area contributed by atoms with E-state index in [9.17, 15) is 14.4 Å². The van der Waals surface area contributed by atoms with E-state index in [4.69, 9.17) is 4.74 Å². The second kappa shape index (κ2) is 6.64. The van der Waals surface area contributed by atoms with Crippen LogP contribution in [0.3, 0.4) is 0 Å². The molecule has 1 aliphatic heterocycles. The minimum atomic E-state index is -0.592. The number of carbonyl (C=O) groups excluding carboxylic acids is 3. The lowest BCUT2D eigenvalue weighted by Gasteiger charge is -2.19. The number of esters is 2. The van der Waals surface area contributed by atoms with Crippen LogP contribution < -0.4 is 5.32 Å². The number of cyclic esters (lactones) is 2. The van der Waals surface area contributed by atoms with E-state index in [2.05, 4.69) is 10.1 Å². The summed E-state index contributed by atoms with van der Waals surface area (Å²) in [6.07, 6.45) is 1.15. The predicted octanol–water partition coefficient (Wildman–Crippen LogP) is 2.57. The maximum Gasteiger partial charge on any atom is 0.407 e. The van der Waals surface area contributed by atoms with Gasteiger partial charge >= 0.3 is 18.0 Å². The first-order valence-electron chi connectivity index (χ1n) is 7.24. The smallest absolute Gasteiger partial charge is 0.407 e. The molecular weight excluding hydrogens is 298 g/mol. The van der Waals surface area contributed by atoms with Crippen molar-refractivity contribution >= 4 is 24.1 Å². The first kappa shape index (κ1) is 16.7. The van der Waals surface area contributed by atoms with E-state index >= 15 is 0 Å². The summed E-state index contributed by atoms with van der Waals surface area (Å²) in [6.45, 7) is 5.74. The van der Waals surface area contributed by atoms with Crippen LogP contribution >= 0.6 is 0 Å². The maximum absolute atomic E-state index is 11.6. The molecule has 1 aromatic rings. The number of alkyl carbamates (subject to hydrolysis) is 1. The third-order valence-corrected chi connectivity index (χ3v) is 2.96. The molecule has 6 heteroatoms. The molecule has 1 heterocycles. The normalized spacial score (nSPS) is 16.4. The number of ether oxygens (including phenoxy) is 2. The van der Waals surface area contributed by atoms with E-state index < -0.39 is 23.6 Å². The van der Waals surface area contributed by atoms with Gasteiger partial charge in [-0.15, -0.1) is 0 Å². The average Bonchev–Trinajstić information content (AvgIpc) is 2.74. The molecule has 1 aromatic carbocycles. The number of nitrogens with one attached hydrogen (secondary N) is 1. The highest BCUT2D eigenvalue weighted by Crippen LogP contribution is 2.18. The Bertz CT molecular complexity index is 653. The number of hydrogen-bond donors (Lipinski definition) is 1. The van der Waals surface area contributed by atoms with Gasteiger partial charge in [-0.3, -0.25) is 4.79 Å². The van der Waals surface area contributed by atoms with Crippen LogP contribution in [0.1, 0.15) is 38.3 Å². The second-order valence-corrected chi connectivity index (χ2v) is 6.20. The lowest BCUT2D eigenvalue weighted by molar-refractivity contribution is -0.151. The predicted molar refractivity (Wildman–Crippen MR) is 83.2 cm³/mol. The molecule has 0 unspecified atom stereocenters. The molecule has 1 fully saturated rings. The molecule has 23 heavy (non-hydrogen) atoms. The van der Waals surface area contributed by atoms with Crippen LogP contribution in [-0.2, 0) is 25.6 Å². The largest absolute Gasteiger partial charge is 0.444 e. The fraction of sp³-hybridized carbons (Fsp3) is 0.353. The van der Waals surface area contributed by atoms with Gasteiger partial charge in [0.2, 0.25) is 0 Å². The number of benzene rings is 1. The van der Waals surface area contributed by atoms with E-state index in [0.717, 1.165) is 11.1 Å². The Kier molecular flexibility index (Phi) is 4.83. The van der Waals surface area contributed by atoms with Gasteiger partial charge in [0.05, 0.1) is 6.42 Å². The highest BCUT2D eigenvalue weighted by molar-refractivity contribution is 6.08. The Morgan fingerprint density at radius 3 is 2.43 bits per heavy atom. The average molecular weight is 317 g/mol. The van der Waals surface area contributed by atoms with Crippen molar-refractivity contribution in [3.8, 4) is 0 Å². The topological polar surface area (TPSA) is 81.7 Å². The Labute approximate surface area is 134 Å². The number of hydrogen-bond acceptors (Lipinski definition) is 5. The van der Waals surface area contributed by atoms with E-state index in [1.165, 1.54) is 0 Å². The minimum absolute atomic E-state index is 0.000778. The van der Waals surface area contributed by atoms with Crippen molar-refractivity contribution in [2.24, 2.45) is 0 Å². The van der Waals surface area contributed by atoms with E-state index in [-0.39, 0.29) is 6.42 Å². The summed E-state index contributed by atoms with van der Waals surface area (Å²) in [4.78, 5) is 34.0. The monoisotopic (exact) mass is 317 g/mol. The molecule has 0 atom stereocenters. The second-order valence-electron chi connectivity index (χ2n) is 6.20. The van der Waals surface area contributed by atoms with Crippen molar-refractivity contribution in [3.05, 3.63) is 41.0 Å². The number of amides is 1. The number of rotatable bonds is 3. The molecule has 0 spiro atoms. The molecule has 0 radical (unpaired) electrons. The van der Waals surface area contributed by atoms with Crippen molar-refractivity contribution in [2.45, 2.75) is 39.3 Å². The Morgan fingerprint density at radius 1 is 1.26 bits per heavy atom. The van der Waals surface area contributed by atoms with Gasteiger partial charge in [0, 0.05) is 12.1 Å². The first-order chi connectivity index (χ1) is 10.7. The van der Waals surface area contributed by atoms with Gasteiger partial charge in [0.1, 0.15) is 5.60 Å². The van der Waals surface area contributed by atoms with Crippen molar-refractivity contribution in [3.63, 3.8) is 0 Å². The van der Waals surface area contributed by atoms with Crippen LogP contribution in [0.2, 0.25) is 0 Å². The van der Waals surface area contributed by atoms with Crippen LogP contribution in [0.5, 0.6) is 0 Å². The summed E-state index contributed by atoms with van der Waals surface area (Å²) in [6, 6.07) is 7.25. The Morgan fingerprint density at radius 2 is 1.91 bits per heavy atom. The molecule has 0 aromatic heterocycles. The molecule has 0 bridgehead atoms. The molecule has 1 saturated heterocycles. The summed E-state index contributed by atoms with van der Waals surface area (Å²) in [5.41, 5.74) is 1.48. The van der Waals surface area contributed by atoms with Crippen LogP contribution in [0.25, 0.3) is 6.08 Å². The van der Waals surface area contributed by atoms with Crippen LogP contribution in [0.4, 0.5) is 4.79 Å². The summed E-state index contributed by atoms with van der Waals surface area (Å²) >= 11 is 0. The zero-order valence-electron chi connectivity index (χ0n) is 13.3. The van der Waals surface area contributed by atoms with Gasteiger partial charge in [-0.2, -0.15) is 0 Å². The first-order valence-corrected chi connectivity index (χ1v) is 7.24. The quantitative estimate of drug-likeness (QED) is 0.526. The zero-order valence-corrected chi connectivity index (χ0v) is 13.3. The molecule has 6 nitrogen and oxygen atoms in total. The molecule has 0 saturated carbocycles. The molecule has 2 rings (SSSR count). The minimum Gasteiger partial charge on any atom is -0.444 e. The van der Waals surface area contributed by atoms with E-state index in [1.807, 2.05) is 12.1 Å². The number of carbonyl (C=O) groups is 3. The van der Waals surface area contributed by atoms with Gasteiger partial charge < -0.3 is 14.8 Å². The lowest BCUT2D eigenvalue weighted by atomic mass is 10.1. The SMILES string of the molecule is CC(C)(C)OC(=O)NCc1ccc(/C=C2\CC(=O)OC2=O)cc1. The van der Waals surface area contributed by atoms with E-state index in [1.54, 1.807) is 39.0 Å². The van der Waals surface area contributed by atoms with Crippen molar-refractivity contribution < 1.29 is 23.9 Å². The summed E-state index contributed by atoms with van der Waals surface area (Å²) in [5, 5.41) is 2.67. The van der Waals surface area contributed by atoms with Gasteiger partial charge in [0.15, 0.2) is 0 Å². The van der Waals surface area contributed by atoms with Crippen molar-refractivity contribution in [1.29, 1.82) is 0 Å². The Hall–Kier alpha value is -2.63. The highest BCUT2D eigenvalue weighted by atomic mass is 16.6. The summed E-state index contributed by atoms with van der Waals surface area (Å²) in [5.74, 6) is -1.12.